The van der Waals surface area contributed by atoms with Gasteiger partial charge in [-0.15, -0.1) is 0 Å². The van der Waals surface area contributed by atoms with Crippen molar-refractivity contribution in [2.75, 3.05) is 26.9 Å². The summed E-state index contributed by atoms with van der Waals surface area (Å²) in [4.78, 5) is 2.50. The Morgan fingerprint density at radius 2 is 2.14 bits per heavy atom. The molecule has 2 N–H and O–H groups in total. The van der Waals surface area contributed by atoms with Crippen LogP contribution >= 0.6 is 0 Å². The molecule has 0 radical (unpaired) electrons. The summed E-state index contributed by atoms with van der Waals surface area (Å²) >= 11 is 0. The first-order valence-corrected chi connectivity index (χ1v) is 7.94. The maximum absolute atomic E-state index is 6.56. The van der Waals surface area contributed by atoms with E-state index in [-0.39, 0.29) is 12.1 Å². The third-order valence-electron chi connectivity index (χ3n) is 4.91. The lowest BCUT2D eigenvalue weighted by molar-refractivity contribution is 0.0368. The number of benzene rings is 1. The summed E-state index contributed by atoms with van der Waals surface area (Å²) in [5, 5.41) is 0. The average molecular weight is 290 g/mol. The van der Waals surface area contributed by atoms with Crippen LogP contribution < -0.4 is 10.5 Å². The van der Waals surface area contributed by atoms with Gasteiger partial charge in [-0.25, -0.2) is 0 Å². The van der Waals surface area contributed by atoms with Crippen LogP contribution in [0.5, 0.6) is 5.75 Å². The van der Waals surface area contributed by atoms with E-state index >= 15 is 0 Å². The van der Waals surface area contributed by atoms with Gasteiger partial charge in [-0.1, -0.05) is 18.2 Å². The SMILES string of the molecule is COCCN(C(C)C1CC1)C1COc2ccccc2C1N. The van der Waals surface area contributed by atoms with E-state index in [1.807, 2.05) is 18.2 Å². The normalized spacial score (nSPS) is 26.3. The van der Waals surface area contributed by atoms with Crippen LogP contribution in [0.15, 0.2) is 24.3 Å². The number of hydrogen-bond acceptors (Lipinski definition) is 4. The van der Waals surface area contributed by atoms with E-state index in [1.54, 1.807) is 7.11 Å². The van der Waals surface area contributed by atoms with Crippen LogP contribution in [0.4, 0.5) is 0 Å². The van der Waals surface area contributed by atoms with Crippen LogP contribution in [0.3, 0.4) is 0 Å². The summed E-state index contributed by atoms with van der Waals surface area (Å²) < 4.78 is 11.3. The van der Waals surface area contributed by atoms with Gasteiger partial charge in [0.2, 0.25) is 0 Å². The van der Waals surface area contributed by atoms with E-state index in [0.29, 0.717) is 12.6 Å². The Bertz CT molecular complexity index is 476. The maximum atomic E-state index is 6.56. The fourth-order valence-electron chi connectivity index (χ4n) is 3.39. The number of fused-ring (bicyclic) bond motifs is 1. The first-order chi connectivity index (χ1) is 10.2. The monoisotopic (exact) mass is 290 g/mol. The third kappa shape index (κ3) is 3.07. The van der Waals surface area contributed by atoms with Crippen LogP contribution in [0.25, 0.3) is 0 Å². The maximum Gasteiger partial charge on any atom is 0.124 e. The Labute approximate surface area is 127 Å². The molecular weight excluding hydrogens is 264 g/mol. The zero-order valence-electron chi connectivity index (χ0n) is 13.0. The lowest BCUT2D eigenvalue weighted by atomic mass is 9.94. The highest BCUT2D eigenvalue weighted by molar-refractivity contribution is 5.38. The van der Waals surface area contributed by atoms with Crippen molar-refractivity contribution in [2.45, 2.75) is 37.9 Å². The van der Waals surface area contributed by atoms with Gasteiger partial charge in [0.1, 0.15) is 12.4 Å². The van der Waals surface area contributed by atoms with Crippen molar-refractivity contribution in [3.63, 3.8) is 0 Å². The number of nitrogens with two attached hydrogens (primary N) is 1. The van der Waals surface area contributed by atoms with Crippen LogP contribution in [0.2, 0.25) is 0 Å². The van der Waals surface area contributed by atoms with E-state index in [4.69, 9.17) is 15.2 Å². The molecule has 1 fully saturated rings. The second-order valence-electron chi connectivity index (χ2n) is 6.25. The molecule has 4 heteroatoms. The van der Waals surface area contributed by atoms with Gasteiger partial charge in [-0.2, -0.15) is 0 Å². The largest absolute Gasteiger partial charge is 0.492 e. The molecule has 3 unspecified atom stereocenters. The number of rotatable bonds is 6. The molecule has 1 heterocycles. The summed E-state index contributed by atoms with van der Waals surface area (Å²) in [6, 6.07) is 8.91. The molecule has 3 atom stereocenters. The highest BCUT2D eigenvalue weighted by atomic mass is 16.5. The molecule has 1 saturated carbocycles. The van der Waals surface area contributed by atoms with Gasteiger partial charge < -0.3 is 15.2 Å². The van der Waals surface area contributed by atoms with Gasteiger partial charge in [-0.3, -0.25) is 4.90 Å². The fraction of sp³-hybridized carbons (Fsp3) is 0.647. The molecule has 3 rings (SSSR count). The van der Waals surface area contributed by atoms with Crippen molar-refractivity contribution in [3.05, 3.63) is 29.8 Å². The Kier molecular flexibility index (Phi) is 4.48. The van der Waals surface area contributed by atoms with Crippen molar-refractivity contribution in [1.29, 1.82) is 0 Å². The molecular formula is C17H26N2O2. The number of hydrogen-bond donors (Lipinski definition) is 1. The Morgan fingerprint density at radius 3 is 2.86 bits per heavy atom. The van der Waals surface area contributed by atoms with Crippen molar-refractivity contribution < 1.29 is 9.47 Å². The third-order valence-corrected chi connectivity index (χ3v) is 4.91. The highest BCUT2D eigenvalue weighted by Gasteiger charge is 2.39. The predicted molar refractivity (Wildman–Crippen MR) is 83.4 cm³/mol. The van der Waals surface area contributed by atoms with Crippen molar-refractivity contribution in [3.8, 4) is 5.75 Å². The van der Waals surface area contributed by atoms with Crippen LogP contribution in [0.1, 0.15) is 31.4 Å². The first-order valence-electron chi connectivity index (χ1n) is 7.94. The number of methoxy groups -OCH3 is 1. The van der Waals surface area contributed by atoms with Crippen molar-refractivity contribution >= 4 is 0 Å². The first kappa shape index (κ1) is 14.8. The quantitative estimate of drug-likeness (QED) is 0.872. The van der Waals surface area contributed by atoms with Gasteiger partial charge in [0.15, 0.2) is 0 Å². The van der Waals surface area contributed by atoms with Gasteiger partial charge in [0.25, 0.3) is 0 Å². The predicted octanol–water partition coefficient (Wildman–Crippen LogP) is 2.19. The minimum absolute atomic E-state index is 0.00741. The lowest BCUT2D eigenvalue weighted by Gasteiger charge is -2.42. The molecule has 0 aromatic heterocycles. The molecule has 2 aliphatic rings. The molecule has 1 aromatic rings. The molecule has 1 aliphatic heterocycles. The van der Waals surface area contributed by atoms with Gasteiger partial charge in [0, 0.05) is 25.3 Å². The lowest BCUT2D eigenvalue weighted by Crippen LogP contribution is -2.53. The van der Waals surface area contributed by atoms with E-state index in [0.717, 1.165) is 30.4 Å². The van der Waals surface area contributed by atoms with E-state index in [2.05, 4.69) is 17.9 Å². The van der Waals surface area contributed by atoms with Crippen molar-refractivity contribution in [1.82, 2.24) is 4.90 Å². The van der Waals surface area contributed by atoms with E-state index in [9.17, 15) is 0 Å². The second kappa shape index (κ2) is 6.34. The minimum atomic E-state index is 0.00741. The summed E-state index contributed by atoms with van der Waals surface area (Å²) in [5.41, 5.74) is 7.68. The van der Waals surface area contributed by atoms with Crippen LogP contribution in [-0.2, 0) is 4.74 Å². The van der Waals surface area contributed by atoms with Crippen molar-refractivity contribution in [2.24, 2.45) is 11.7 Å². The zero-order valence-corrected chi connectivity index (χ0v) is 13.0. The standard InChI is InChI=1S/C17H26N2O2/c1-12(13-7-8-13)19(9-10-20-2)15-11-21-16-6-4-3-5-14(16)17(15)18/h3-6,12-13,15,17H,7-11,18H2,1-2H3. The summed E-state index contributed by atoms with van der Waals surface area (Å²) in [5.74, 6) is 1.75. The van der Waals surface area contributed by atoms with Crippen LogP contribution in [0, 0.1) is 5.92 Å². The van der Waals surface area contributed by atoms with Crippen LogP contribution in [-0.4, -0.2) is 43.9 Å². The summed E-state index contributed by atoms with van der Waals surface area (Å²) in [7, 11) is 1.76. The smallest absolute Gasteiger partial charge is 0.124 e. The van der Waals surface area contributed by atoms with Gasteiger partial charge >= 0.3 is 0 Å². The highest BCUT2D eigenvalue weighted by Crippen LogP contribution is 2.39. The van der Waals surface area contributed by atoms with Gasteiger partial charge in [-0.05, 0) is 31.7 Å². The zero-order chi connectivity index (χ0) is 14.8. The van der Waals surface area contributed by atoms with Gasteiger partial charge in [0.05, 0.1) is 18.7 Å². The van der Waals surface area contributed by atoms with E-state index < -0.39 is 0 Å². The molecule has 116 valence electrons. The second-order valence-corrected chi connectivity index (χ2v) is 6.25. The van der Waals surface area contributed by atoms with E-state index in [1.165, 1.54) is 12.8 Å². The molecule has 21 heavy (non-hydrogen) atoms. The summed E-state index contributed by atoms with van der Waals surface area (Å²) in [6.07, 6.45) is 2.67. The molecule has 0 amide bonds. The number of nitrogens with zero attached hydrogens (tertiary/aromatic N) is 1. The molecule has 1 aliphatic carbocycles. The Hall–Kier alpha value is -1.10. The molecule has 4 nitrogen and oxygen atoms in total. The fourth-order valence-corrected chi connectivity index (χ4v) is 3.39. The number of ether oxygens (including phenoxy) is 2. The Morgan fingerprint density at radius 1 is 1.38 bits per heavy atom. The molecule has 1 aromatic carbocycles. The molecule has 0 bridgehead atoms. The minimum Gasteiger partial charge on any atom is -0.492 e. The summed E-state index contributed by atoms with van der Waals surface area (Å²) in [6.45, 7) is 4.64. The average Bonchev–Trinajstić information content (AvgIpc) is 3.34. The molecule has 0 saturated heterocycles. The number of para-hydroxylation sites is 1. The topological polar surface area (TPSA) is 47.7 Å². The molecule has 0 spiro atoms. The Balaban J connectivity index is 1.79.